The lowest BCUT2D eigenvalue weighted by Crippen LogP contribution is -2.37. The van der Waals surface area contributed by atoms with E-state index in [0.717, 1.165) is 11.6 Å². The van der Waals surface area contributed by atoms with Gasteiger partial charge in [-0.2, -0.15) is 0 Å². The van der Waals surface area contributed by atoms with Gasteiger partial charge >= 0.3 is 0 Å². The van der Waals surface area contributed by atoms with E-state index in [0.29, 0.717) is 12.0 Å². The van der Waals surface area contributed by atoms with Gasteiger partial charge in [0.1, 0.15) is 0 Å². The minimum Gasteiger partial charge on any atom is -0.370 e. The highest BCUT2D eigenvalue weighted by Crippen LogP contribution is 2.48. The summed E-state index contributed by atoms with van der Waals surface area (Å²) in [5, 5.41) is 3.89. The third-order valence-electron chi connectivity index (χ3n) is 3.30. The van der Waals surface area contributed by atoms with Gasteiger partial charge in [0.05, 0.1) is 6.54 Å². The van der Waals surface area contributed by atoms with Gasteiger partial charge in [-0.1, -0.05) is 23.7 Å². The number of benzene rings is 1. The maximum atomic E-state index is 5.91. The van der Waals surface area contributed by atoms with Crippen LogP contribution in [0.4, 0.5) is 0 Å². The van der Waals surface area contributed by atoms with E-state index in [1.165, 1.54) is 18.4 Å². The molecule has 106 valence electrons. The normalized spacial score (nSPS) is 16.9. The molecule has 0 amide bonds. The minimum absolute atomic E-state index is 0. The fourth-order valence-electron chi connectivity index (χ4n) is 2.07. The summed E-state index contributed by atoms with van der Waals surface area (Å²) in [5.74, 6) is 0.533. The molecule has 2 rings (SSSR count). The first-order valence-corrected chi connectivity index (χ1v) is 6.72. The van der Waals surface area contributed by atoms with Crippen LogP contribution in [0.2, 0.25) is 5.02 Å². The molecule has 19 heavy (non-hydrogen) atoms. The van der Waals surface area contributed by atoms with Gasteiger partial charge in [-0.15, -0.1) is 24.0 Å². The van der Waals surface area contributed by atoms with Crippen molar-refractivity contribution >= 4 is 41.5 Å². The van der Waals surface area contributed by atoms with Crippen LogP contribution in [0.5, 0.6) is 0 Å². The Kier molecular flexibility index (Phi) is 5.92. The van der Waals surface area contributed by atoms with Crippen LogP contribution < -0.4 is 11.1 Å². The summed E-state index contributed by atoms with van der Waals surface area (Å²) in [6.45, 7) is 4.85. The van der Waals surface area contributed by atoms with Crippen LogP contribution in [-0.4, -0.2) is 18.5 Å². The molecule has 0 atom stereocenters. The Bertz CT molecular complexity index is 439. The van der Waals surface area contributed by atoms with E-state index in [2.05, 4.69) is 36.3 Å². The minimum atomic E-state index is 0. The zero-order valence-electron chi connectivity index (χ0n) is 11.3. The van der Waals surface area contributed by atoms with Gasteiger partial charge in [0.2, 0.25) is 0 Å². The summed E-state index contributed by atoms with van der Waals surface area (Å²) in [5.41, 5.74) is 7.33. The Labute approximate surface area is 137 Å². The highest BCUT2D eigenvalue weighted by molar-refractivity contribution is 14.0. The molecular formula is C14H21ClIN3. The SMILES string of the molecule is CC(C)NC(N)=NCC1(c2ccc(Cl)cc2)CC1.I. The van der Waals surface area contributed by atoms with E-state index >= 15 is 0 Å². The summed E-state index contributed by atoms with van der Waals surface area (Å²) >= 11 is 5.91. The Morgan fingerprint density at radius 2 is 1.95 bits per heavy atom. The van der Waals surface area contributed by atoms with Gasteiger partial charge in [-0.3, -0.25) is 4.99 Å². The molecule has 0 spiro atoms. The van der Waals surface area contributed by atoms with Crippen molar-refractivity contribution in [3.63, 3.8) is 0 Å². The first-order chi connectivity index (χ1) is 8.52. The number of nitrogens with one attached hydrogen (secondary N) is 1. The second-order valence-corrected chi connectivity index (χ2v) is 5.72. The number of hydrogen-bond acceptors (Lipinski definition) is 1. The summed E-state index contributed by atoms with van der Waals surface area (Å²) in [7, 11) is 0. The first-order valence-electron chi connectivity index (χ1n) is 6.34. The molecule has 3 N–H and O–H groups in total. The zero-order valence-corrected chi connectivity index (χ0v) is 14.4. The number of halogens is 2. The molecule has 1 fully saturated rings. The predicted octanol–water partition coefficient (Wildman–Crippen LogP) is 3.30. The van der Waals surface area contributed by atoms with Gasteiger partial charge in [0.15, 0.2) is 5.96 Å². The molecule has 0 saturated heterocycles. The van der Waals surface area contributed by atoms with E-state index in [4.69, 9.17) is 17.3 Å². The highest BCUT2D eigenvalue weighted by atomic mass is 127. The number of guanidine groups is 1. The van der Waals surface area contributed by atoms with Crippen LogP contribution in [0.3, 0.4) is 0 Å². The standard InChI is InChI=1S/C14H20ClN3.HI/c1-10(2)18-13(16)17-9-14(7-8-14)11-3-5-12(15)6-4-11;/h3-6,10H,7-9H2,1-2H3,(H3,16,17,18);1H. The van der Waals surface area contributed by atoms with Crippen molar-refractivity contribution < 1.29 is 0 Å². The molecule has 0 aromatic heterocycles. The quantitative estimate of drug-likeness (QED) is 0.468. The Balaban J connectivity index is 0.00000180. The Morgan fingerprint density at radius 1 is 1.37 bits per heavy atom. The Morgan fingerprint density at radius 3 is 2.42 bits per heavy atom. The van der Waals surface area contributed by atoms with Gasteiger partial charge in [0.25, 0.3) is 0 Å². The molecule has 0 radical (unpaired) electrons. The molecule has 1 aromatic rings. The molecule has 0 heterocycles. The largest absolute Gasteiger partial charge is 0.370 e. The van der Waals surface area contributed by atoms with Crippen LogP contribution in [0, 0.1) is 0 Å². The van der Waals surface area contributed by atoms with Crippen LogP contribution >= 0.6 is 35.6 Å². The fourth-order valence-corrected chi connectivity index (χ4v) is 2.20. The van der Waals surface area contributed by atoms with Crippen molar-refractivity contribution in [1.29, 1.82) is 0 Å². The second kappa shape index (κ2) is 6.79. The van der Waals surface area contributed by atoms with Crippen molar-refractivity contribution in [2.24, 2.45) is 10.7 Å². The molecule has 1 aliphatic rings. The lowest BCUT2D eigenvalue weighted by Gasteiger charge is -2.14. The van der Waals surface area contributed by atoms with Gasteiger partial charge in [-0.05, 0) is 44.4 Å². The smallest absolute Gasteiger partial charge is 0.188 e. The Hall–Kier alpha value is -0.490. The van der Waals surface area contributed by atoms with Gasteiger partial charge < -0.3 is 11.1 Å². The average Bonchev–Trinajstić information content (AvgIpc) is 3.08. The topological polar surface area (TPSA) is 50.4 Å². The van der Waals surface area contributed by atoms with E-state index in [-0.39, 0.29) is 29.4 Å². The molecule has 0 aliphatic heterocycles. The lowest BCUT2D eigenvalue weighted by atomic mass is 9.96. The number of rotatable bonds is 4. The van der Waals surface area contributed by atoms with Crippen LogP contribution in [0.1, 0.15) is 32.3 Å². The third-order valence-corrected chi connectivity index (χ3v) is 3.55. The number of nitrogens with zero attached hydrogens (tertiary/aromatic N) is 1. The van der Waals surface area contributed by atoms with Crippen LogP contribution in [0.15, 0.2) is 29.3 Å². The van der Waals surface area contributed by atoms with Crippen molar-refractivity contribution in [2.45, 2.75) is 38.1 Å². The predicted molar refractivity (Wildman–Crippen MR) is 92.5 cm³/mol. The van der Waals surface area contributed by atoms with Crippen molar-refractivity contribution in [3.05, 3.63) is 34.9 Å². The van der Waals surface area contributed by atoms with E-state index in [1.807, 2.05) is 12.1 Å². The maximum Gasteiger partial charge on any atom is 0.188 e. The fraction of sp³-hybridized carbons (Fsp3) is 0.500. The van der Waals surface area contributed by atoms with Gasteiger partial charge in [-0.25, -0.2) is 0 Å². The molecule has 1 saturated carbocycles. The molecule has 0 bridgehead atoms. The summed E-state index contributed by atoms with van der Waals surface area (Å²) < 4.78 is 0. The monoisotopic (exact) mass is 393 g/mol. The molecule has 1 aliphatic carbocycles. The second-order valence-electron chi connectivity index (χ2n) is 5.29. The van der Waals surface area contributed by atoms with E-state index < -0.39 is 0 Å². The van der Waals surface area contributed by atoms with Crippen molar-refractivity contribution in [1.82, 2.24) is 5.32 Å². The van der Waals surface area contributed by atoms with Crippen LogP contribution in [-0.2, 0) is 5.41 Å². The average molecular weight is 394 g/mol. The number of aliphatic imine (C=N–C) groups is 1. The third kappa shape index (κ3) is 4.53. The molecular weight excluding hydrogens is 373 g/mol. The van der Waals surface area contributed by atoms with Crippen LogP contribution in [0.25, 0.3) is 0 Å². The lowest BCUT2D eigenvalue weighted by molar-refractivity contribution is 0.684. The maximum absolute atomic E-state index is 5.91. The van der Waals surface area contributed by atoms with E-state index in [9.17, 15) is 0 Å². The first kappa shape index (κ1) is 16.6. The van der Waals surface area contributed by atoms with Crippen molar-refractivity contribution in [2.75, 3.05) is 6.54 Å². The molecule has 0 unspecified atom stereocenters. The molecule has 5 heteroatoms. The summed E-state index contributed by atoms with van der Waals surface area (Å²) in [4.78, 5) is 4.45. The van der Waals surface area contributed by atoms with E-state index in [1.54, 1.807) is 0 Å². The van der Waals surface area contributed by atoms with Crippen molar-refractivity contribution in [3.8, 4) is 0 Å². The summed E-state index contributed by atoms with van der Waals surface area (Å²) in [6.07, 6.45) is 2.35. The van der Waals surface area contributed by atoms with Gasteiger partial charge in [0, 0.05) is 16.5 Å². The molecule has 1 aromatic carbocycles. The molecule has 3 nitrogen and oxygen atoms in total. The summed E-state index contributed by atoms with van der Waals surface area (Å²) in [6, 6.07) is 8.39. The number of hydrogen-bond donors (Lipinski definition) is 2. The zero-order chi connectivity index (χ0) is 13.2. The number of nitrogens with two attached hydrogens (primary N) is 1. The highest BCUT2D eigenvalue weighted by Gasteiger charge is 2.44.